The van der Waals surface area contributed by atoms with Crippen LogP contribution in [0, 0.1) is 10.1 Å². The van der Waals surface area contributed by atoms with Crippen molar-refractivity contribution in [1.82, 2.24) is 4.90 Å². The number of amides is 1. The Balaban J connectivity index is 1.56. The fourth-order valence-corrected chi connectivity index (χ4v) is 3.52. The highest BCUT2D eigenvalue weighted by Gasteiger charge is 2.26. The first kappa shape index (κ1) is 21.6. The SMILES string of the molecule is CC(Oc1cccc(C(C)(C)C)c1)C(=O)N1CCN(c2ccc([N+](=O)[O-])cc2)CC1. The number of hydrogen-bond acceptors (Lipinski definition) is 5. The maximum Gasteiger partial charge on any atom is 0.269 e. The molecule has 7 nitrogen and oxygen atoms in total. The molecule has 0 aromatic heterocycles. The highest BCUT2D eigenvalue weighted by Crippen LogP contribution is 2.26. The number of carbonyl (C=O) groups excluding carboxylic acids is 1. The van der Waals surface area contributed by atoms with E-state index in [2.05, 4.69) is 31.7 Å². The summed E-state index contributed by atoms with van der Waals surface area (Å²) in [7, 11) is 0. The van der Waals surface area contributed by atoms with Gasteiger partial charge in [0, 0.05) is 44.0 Å². The van der Waals surface area contributed by atoms with Gasteiger partial charge in [0.1, 0.15) is 5.75 Å². The third-order valence-electron chi connectivity index (χ3n) is 5.38. The summed E-state index contributed by atoms with van der Waals surface area (Å²) in [4.78, 5) is 27.2. The van der Waals surface area contributed by atoms with E-state index in [-0.39, 0.29) is 17.0 Å². The summed E-state index contributed by atoms with van der Waals surface area (Å²) in [6.45, 7) is 10.7. The smallest absolute Gasteiger partial charge is 0.269 e. The number of nitro benzene ring substituents is 1. The molecule has 1 amide bonds. The minimum atomic E-state index is -0.564. The lowest BCUT2D eigenvalue weighted by molar-refractivity contribution is -0.384. The lowest BCUT2D eigenvalue weighted by Crippen LogP contribution is -2.52. The van der Waals surface area contributed by atoms with Gasteiger partial charge in [-0.3, -0.25) is 14.9 Å². The van der Waals surface area contributed by atoms with Crippen LogP contribution in [0.1, 0.15) is 33.3 Å². The van der Waals surface area contributed by atoms with Crippen LogP contribution in [0.25, 0.3) is 0 Å². The molecule has 1 heterocycles. The molecular weight excluding hydrogens is 382 g/mol. The molecule has 0 saturated carbocycles. The molecule has 1 atom stereocenters. The van der Waals surface area contributed by atoms with Crippen LogP contribution in [-0.2, 0) is 10.2 Å². The molecule has 0 spiro atoms. The minimum Gasteiger partial charge on any atom is -0.481 e. The first-order valence-electron chi connectivity index (χ1n) is 10.2. The number of anilines is 1. The van der Waals surface area contributed by atoms with Crippen molar-refractivity contribution in [1.29, 1.82) is 0 Å². The highest BCUT2D eigenvalue weighted by atomic mass is 16.6. The van der Waals surface area contributed by atoms with Gasteiger partial charge < -0.3 is 14.5 Å². The second kappa shape index (κ2) is 8.73. The van der Waals surface area contributed by atoms with E-state index in [0.29, 0.717) is 31.9 Å². The van der Waals surface area contributed by atoms with Gasteiger partial charge in [0.25, 0.3) is 11.6 Å². The average Bonchev–Trinajstić information content (AvgIpc) is 2.73. The molecule has 160 valence electrons. The summed E-state index contributed by atoms with van der Waals surface area (Å²) >= 11 is 0. The molecule has 1 saturated heterocycles. The first-order valence-corrected chi connectivity index (χ1v) is 10.2. The number of rotatable bonds is 5. The third kappa shape index (κ3) is 5.09. The van der Waals surface area contributed by atoms with Gasteiger partial charge >= 0.3 is 0 Å². The summed E-state index contributed by atoms with van der Waals surface area (Å²) in [5, 5.41) is 10.8. The van der Waals surface area contributed by atoms with Crippen molar-refractivity contribution in [3.63, 3.8) is 0 Å². The van der Waals surface area contributed by atoms with E-state index in [0.717, 1.165) is 11.3 Å². The number of ether oxygens (including phenoxy) is 1. The molecule has 0 radical (unpaired) electrons. The van der Waals surface area contributed by atoms with Crippen LogP contribution >= 0.6 is 0 Å². The molecule has 1 unspecified atom stereocenters. The third-order valence-corrected chi connectivity index (χ3v) is 5.38. The van der Waals surface area contributed by atoms with Crippen molar-refractivity contribution < 1.29 is 14.5 Å². The number of nitro groups is 1. The zero-order valence-electron chi connectivity index (χ0n) is 18.0. The standard InChI is InChI=1S/C23H29N3O4/c1-17(30-21-7-5-6-18(16-21)23(2,3)4)22(27)25-14-12-24(13-15-25)19-8-10-20(11-9-19)26(28)29/h5-11,16-17H,12-15H2,1-4H3. The van der Waals surface area contributed by atoms with Crippen molar-refractivity contribution in [2.45, 2.75) is 39.2 Å². The van der Waals surface area contributed by atoms with Crippen LogP contribution in [0.3, 0.4) is 0 Å². The Bertz CT molecular complexity index is 897. The van der Waals surface area contributed by atoms with E-state index in [1.807, 2.05) is 23.1 Å². The molecule has 7 heteroatoms. The maximum absolute atomic E-state index is 12.9. The number of carbonyl (C=O) groups is 1. The van der Waals surface area contributed by atoms with Gasteiger partial charge in [0.2, 0.25) is 0 Å². The molecule has 1 aliphatic rings. The van der Waals surface area contributed by atoms with Crippen molar-refractivity contribution >= 4 is 17.3 Å². The highest BCUT2D eigenvalue weighted by molar-refractivity contribution is 5.81. The van der Waals surface area contributed by atoms with Crippen molar-refractivity contribution in [2.24, 2.45) is 0 Å². The van der Waals surface area contributed by atoms with Crippen LogP contribution < -0.4 is 9.64 Å². The molecule has 3 rings (SSSR count). The molecule has 0 bridgehead atoms. The van der Waals surface area contributed by atoms with Gasteiger partial charge in [0.15, 0.2) is 6.10 Å². The van der Waals surface area contributed by atoms with Crippen molar-refractivity contribution in [2.75, 3.05) is 31.1 Å². The quantitative estimate of drug-likeness (QED) is 0.549. The van der Waals surface area contributed by atoms with Crippen LogP contribution in [0.2, 0.25) is 0 Å². The zero-order chi connectivity index (χ0) is 21.9. The molecule has 30 heavy (non-hydrogen) atoms. The number of hydrogen-bond donors (Lipinski definition) is 0. The lowest BCUT2D eigenvalue weighted by Gasteiger charge is -2.37. The van der Waals surface area contributed by atoms with Gasteiger partial charge in [-0.1, -0.05) is 32.9 Å². The molecular formula is C23H29N3O4. The Morgan fingerprint density at radius 2 is 1.70 bits per heavy atom. The number of piperazine rings is 1. The normalized spacial score (nSPS) is 15.6. The Hall–Kier alpha value is -3.09. The molecule has 2 aromatic carbocycles. The Morgan fingerprint density at radius 3 is 2.27 bits per heavy atom. The Morgan fingerprint density at radius 1 is 1.07 bits per heavy atom. The number of benzene rings is 2. The van der Waals surface area contributed by atoms with E-state index < -0.39 is 11.0 Å². The molecule has 0 aliphatic carbocycles. The topological polar surface area (TPSA) is 75.9 Å². The van der Waals surface area contributed by atoms with E-state index >= 15 is 0 Å². The minimum absolute atomic E-state index is 0.0147. The Labute approximate surface area is 177 Å². The van der Waals surface area contributed by atoms with Crippen LogP contribution in [0.5, 0.6) is 5.75 Å². The summed E-state index contributed by atoms with van der Waals surface area (Å²) < 4.78 is 5.94. The predicted octanol–water partition coefficient (Wildman–Crippen LogP) is 4.01. The van der Waals surface area contributed by atoms with E-state index in [4.69, 9.17) is 4.74 Å². The fourth-order valence-electron chi connectivity index (χ4n) is 3.52. The molecule has 1 fully saturated rings. The number of non-ortho nitro benzene ring substituents is 1. The summed E-state index contributed by atoms with van der Waals surface area (Å²) in [5.74, 6) is 0.673. The van der Waals surface area contributed by atoms with E-state index in [1.54, 1.807) is 19.1 Å². The van der Waals surface area contributed by atoms with Crippen LogP contribution in [0.4, 0.5) is 11.4 Å². The number of nitrogens with zero attached hydrogens (tertiary/aromatic N) is 3. The molecule has 1 aliphatic heterocycles. The average molecular weight is 412 g/mol. The molecule has 2 aromatic rings. The first-order chi connectivity index (χ1) is 14.1. The largest absolute Gasteiger partial charge is 0.481 e. The van der Waals surface area contributed by atoms with E-state index in [1.165, 1.54) is 12.1 Å². The zero-order valence-corrected chi connectivity index (χ0v) is 18.0. The van der Waals surface area contributed by atoms with Gasteiger partial charge in [-0.05, 0) is 42.2 Å². The van der Waals surface area contributed by atoms with Gasteiger partial charge in [-0.2, -0.15) is 0 Å². The fraction of sp³-hybridized carbons (Fsp3) is 0.435. The van der Waals surface area contributed by atoms with Crippen molar-refractivity contribution in [3.8, 4) is 5.75 Å². The second-order valence-corrected chi connectivity index (χ2v) is 8.62. The summed E-state index contributed by atoms with van der Waals surface area (Å²) in [6, 6.07) is 14.4. The van der Waals surface area contributed by atoms with Gasteiger partial charge in [0.05, 0.1) is 4.92 Å². The lowest BCUT2D eigenvalue weighted by atomic mass is 9.87. The van der Waals surface area contributed by atoms with Crippen LogP contribution in [-0.4, -0.2) is 48.0 Å². The predicted molar refractivity (Wildman–Crippen MR) is 117 cm³/mol. The van der Waals surface area contributed by atoms with Crippen LogP contribution in [0.15, 0.2) is 48.5 Å². The summed E-state index contributed by atoms with van der Waals surface area (Å²) in [6.07, 6.45) is -0.564. The van der Waals surface area contributed by atoms with Crippen molar-refractivity contribution in [3.05, 3.63) is 64.2 Å². The maximum atomic E-state index is 12.9. The molecule has 0 N–H and O–H groups in total. The Kier molecular flexibility index (Phi) is 6.29. The summed E-state index contributed by atoms with van der Waals surface area (Å²) in [5.41, 5.74) is 2.18. The van der Waals surface area contributed by atoms with Gasteiger partial charge in [-0.25, -0.2) is 0 Å². The second-order valence-electron chi connectivity index (χ2n) is 8.62. The van der Waals surface area contributed by atoms with E-state index in [9.17, 15) is 14.9 Å². The monoisotopic (exact) mass is 411 g/mol. The van der Waals surface area contributed by atoms with Gasteiger partial charge in [-0.15, -0.1) is 0 Å².